The van der Waals surface area contributed by atoms with Crippen molar-refractivity contribution in [3.63, 3.8) is 0 Å². The van der Waals surface area contributed by atoms with Gasteiger partial charge in [-0.1, -0.05) is 24.3 Å². The molecule has 0 bridgehead atoms. The minimum atomic E-state index is -0.347. The predicted octanol–water partition coefficient (Wildman–Crippen LogP) is 4.32. The summed E-state index contributed by atoms with van der Waals surface area (Å²) >= 11 is 0. The van der Waals surface area contributed by atoms with Crippen molar-refractivity contribution >= 4 is 11.4 Å². The van der Waals surface area contributed by atoms with Crippen LogP contribution in [-0.2, 0) is 0 Å². The van der Waals surface area contributed by atoms with Gasteiger partial charge in [0.05, 0.1) is 11.0 Å². The van der Waals surface area contributed by atoms with Crippen LogP contribution in [0.3, 0.4) is 0 Å². The molecule has 2 aromatic carbocycles. The number of hydrogen-bond donors (Lipinski definition) is 1. The number of nitriles is 1. The Kier molecular flexibility index (Phi) is 4.05. The summed E-state index contributed by atoms with van der Waals surface area (Å²) in [7, 11) is 0. The number of nitrogens with one attached hydrogen (secondary N) is 1. The first-order valence-corrected chi connectivity index (χ1v) is 8.48. The molecule has 2 aromatic rings. The number of benzene rings is 2. The molecule has 2 aliphatic rings. The lowest BCUT2D eigenvalue weighted by Crippen LogP contribution is -2.29. The molecule has 6 heteroatoms. The van der Waals surface area contributed by atoms with Crippen LogP contribution in [-0.4, -0.2) is 11.5 Å². The van der Waals surface area contributed by atoms with Gasteiger partial charge in [-0.15, -0.1) is 0 Å². The van der Waals surface area contributed by atoms with E-state index in [9.17, 15) is 10.1 Å². The van der Waals surface area contributed by atoms with E-state index in [1.165, 1.54) is 0 Å². The van der Waals surface area contributed by atoms with Gasteiger partial charge in [-0.3, -0.25) is 10.1 Å². The Morgan fingerprint density at radius 3 is 2.81 bits per heavy atom. The molecule has 0 spiro atoms. The average molecular weight is 347 g/mol. The molecule has 1 aliphatic heterocycles. The number of hydrogen-bond acceptors (Lipinski definition) is 5. The molecule has 1 N–H and O–H groups in total. The summed E-state index contributed by atoms with van der Waals surface area (Å²) in [6.45, 7) is 0.0296. The number of nitro benzene ring substituents is 1. The fraction of sp³-hybridized carbons (Fsp3) is 0.250. The summed E-state index contributed by atoms with van der Waals surface area (Å²) in [5, 5.41) is 23.3. The smallest absolute Gasteiger partial charge is 0.269 e. The third kappa shape index (κ3) is 2.78. The van der Waals surface area contributed by atoms with Crippen molar-refractivity contribution < 1.29 is 9.66 Å². The van der Waals surface area contributed by atoms with E-state index in [0.29, 0.717) is 11.7 Å². The van der Waals surface area contributed by atoms with Gasteiger partial charge in [0.15, 0.2) is 6.61 Å². The van der Waals surface area contributed by atoms with Crippen LogP contribution in [0.5, 0.6) is 5.75 Å². The zero-order valence-corrected chi connectivity index (χ0v) is 14.0. The third-order valence-corrected chi connectivity index (χ3v) is 5.10. The van der Waals surface area contributed by atoms with Gasteiger partial charge in [0.1, 0.15) is 11.8 Å². The number of nitrogens with zero attached hydrogens (tertiary/aromatic N) is 2. The second-order valence-corrected chi connectivity index (χ2v) is 6.52. The van der Waals surface area contributed by atoms with E-state index in [-0.39, 0.29) is 29.2 Å². The summed E-state index contributed by atoms with van der Waals surface area (Å²) < 4.78 is 5.32. The van der Waals surface area contributed by atoms with Gasteiger partial charge >= 0.3 is 0 Å². The first kappa shape index (κ1) is 16.2. The Bertz CT molecular complexity index is 915. The summed E-state index contributed by atoms with van der Waals surface area (Å²) in [6, 6.07) is 14.9. The highest BCUT2D eigenvalue weighted by Gasteiger charge is 2.38. The molecule has 0 aromatic heterocycles. The van der Waals surface area contributed by atoms with Crippen molar-refractivity contribution in [2.24, 2.45) is 5.92 Å². The van der Waals surface area contributed by atoms with E-state index in [2.05, 4.69) is 17.5 Å². The molecule has 1 aliphatic carbocycles. The molecule has 4 rings (SSSR count). The Balaban J connectivity index is 1.65. The molecular weight excluding hydrogens is 330 g/mol. The first-order valence-electron chi connectivity index (χ1n) is 8.48. The van der Waals surface area contributed by atoms with Crippen LogP contribution < -0.4 is 10.1 Å². The molecule has 3 atom stereocenters. The van der Waals surface area contributed by atoms with Gasteiger partial charge in [0.2, 0.25) is 0 Å². The number of allylic oxidation sites excluding steroid dienone is 2. The highest BCUT2D eigenvalue weighted by Crippen LogP contribution is 2.50. The van der Waals surface area contributed by atoms with Gasteiger partial charge in [-0.25, -0.2) is 0 Å². The highest BCUT2D eigenvalue weighted by molar-refractivity contribution is 5.63. The summed E-state index contributed by atoms with van der Waals surface area (Å²) in [6.07, 6.45) is 5.24. The van der Waals surface area contributed by atoms with Crippen LogP contribution >= 0.6 is 0 Å². The zero-order valence-electron chi connectivity index (χ0n) is 14.0. The van der Waals surface area contributed by atoms with Crippen LogP contribution in [0.4, 0.5) is 11.4 Å². The Labute approximate surface area is 150 Å². The van der Waals surface area contributed by atoms with E-state index in [4.69, 9.17) is 10.00 Å². The van der Waals surface area contributed by atoms with Crippen molar-refractivity contribution in [3.8, 4) is 11.8 Å². The van der Waals surface area contributed by atoms with Crippen molar-refractivity contribution in [1.82, 2.24) is 0 Å². The number of non-ortho nitro benzene ring substituents is 1. The van der Waals surface area contributed by atoms with Crippen molar-refractivity contribution in [1.29, 1.82) is 5.26 Å². The number of ether oxygens (including phenoxy) is 1. The van der Waals surface area contributed by atoms with Crippen LogP contribution in [0.25, 0.3) is 0 Å². The standard InChI is InChI=1S/C20H17N3O3/c21-10-11-26-15-7-4-13(5-8-15)20-17-3-1-2-16(17)18-12-14(23(24)25)6-9-19(18)22-20/h1-2,4-9,12,16-17,20,22H,3,11H2. The van der Waals surface area contributed by atoms with Gasteiger partial charge < -0.3 is 10.1 Å². The zero-order chi connectivity index (χ0) is 18.1. The lowest BCUT2D eigenvalue weighted by molar-refractivity contribution is -0.384. The maximum absolute atomic E-state index is 11.1. The third-order valence-electron chi connectivity index (χ3n) is 5.10. The molecule has 0 saturated heterocycles. The van der Waals surface area contributed by atoms with Crippen LogP contribution in [0.15, 0.2) is 54.6 Å². The summed E-state index contributed by atoms with van der Waals surface area (Å²) in [4.78, 5) is 10.8. The van der Waals surface area contributed by atoms with Crippen LogP contribution in [0.2, 0.25) is 0 Å². The van der Waals surface area contributed by atoms with Gasteiger partial charge in [-0.05, 0) is 41.7 Å². The van der Waals surface area contributed by atoms with Gasteiger partial charge in [-0.2, -0.15) is 5.26 Å². The lowest BCUT2D eigenvalue weighted by atomic mass is 9.77. The molecule has 0 fully saturated rings. The first-order chi connectivity index (χ1) is 12.7. The molecule has 6 nitrogen and oxygen atoms in total. The van der Waals surface area contributed by atoms with E-state index in [1.54, 1.807) is 18.2 Å². The van der Waals surface area contributed by atoms with Gasteiger partial charge in [0, 0.05) is 23.7 Å². The molecular formula is C20H17N3O3. The Hall–Kier alpha value is -3.33. The van der Waals surface area contributed by atoms with E-state index >= 15 is 0 Å². The second kappa shape index (κ2) is 6.52. The van der Waals surface area contributed by atoms with E-state index < -0.39 is 0 Å². The molecule has 0 amide bonds. The topological polar surface area (TPSA) is 88.2 Å². The number of anilines is 1. The molecule has 1 heterocycles. The fourth-order valence-corrected chi connectivity index (χ4v) is 3.91. The largest absolute Gasteiger partial charge is 0.479 e. The number of nitro groups is 1. The van der Waals surface area contributed by atoms with Crippen LogP contribution in [0.1, 0.15) is 29.5 Å². The van der Waals surface area contributed by atoms with E-state index in [0.717, 1.165) is 23.2 Å². The predicted molar refractivity (Wildman–Crippen MR) is 97.0 cm³/mol. The van der Waals surface area contributed by atoms with E-state index in [1.807, 2.05) is 30.3 Å². The second-order valence-electron chi connectivity index (χ2n) is 6.52. The van der Waals surface area contributed by atoms with Crippen molar-refractivity contribution in [2.45, 2.75) is 18.4 Å². The normalized spacial score (nSPS) is 22.7. The Morgan fingerprint density at radius 2 is 2.08 bits per heavy atom. The Morgan fingerprint density at radius 1 is 1.27 bits per heavy atom. The minimum Gasteiger partial charge on any atom is -0.479 e. The monoisotopic (exact) mass is 347 g/mol. The van der Waals surface area contributed by atoms with Crippen molar-refractivity contribution in [3.05, 3.63) is 75.9 Å². The average Bonchev–Trinajstić information content (AvgIpc) is 3.16. The van der Waals surface area contributed by atoms with Crippen molar-refractivity contribution in [2.75, 3.05) is 11.9 Å². The molecule has 130 valence electrons. The highest BCUT2D eigenvalue weighted by atomic mass is 16.6. The molecule has 26 heavy (non-hydrogen) atoms. The SMILES string of the molecule is N#CCOc1ccc(C2Nc3ccc([N+](=O)[O-])cc3C3C=CCC32)cc1. The maximum atomic E-state index is 11.1. The quantitative estimate of drug-likeness (QED) is 0.505. The van der Waals surface area contributed by atoms with Crippen LogP contribution in [0, 0.1) is 27.4 Å². The molecule has 3 unspecified atom stereocenters. The lowest BCUT2D eigenvalue weighted by Gasteiger charge is -2.37. The number of fused-ring (bicyclic) bond motifs is 3. The summed E-state index contributed by atoms with van der Waals surface area (Å²) in [5.41, 5.74) is 3.19. The molecule has 0 saturated carbocycles. The minimum absolute atomic E-state index is 0.0296. The summed E-state index contributed by atoms with van der Waals surface area (Å²) in [5.74, 6) is 1.16. The molecule has 0 radical (unpaired) electrons. The number of rotatable bonds is 4. The van der Waals surface area contributed by atoms with Gasteiger partial charge in [0.25, 0.3) is 5.69 Å². The fourth-order valence-electron chi connectivity index (χ4n) is 3.91. The maximum Gasteiger partial charge on any atom is 0.269 e.